The highest BCUT2D eigenvalue weighted by Crippen LogP contribution is 2.34. The Morgan fingerprint density at radius 3 is 2.70 bits per heavy atom. The van der Waals surface area contributed by atoms with Crippen LogP contribution in [0.4, 0.5) is 5.69 Å². The molecule has 8 nitrogen and oxygen atoms in total. The molecule has 0 spiro atoms. The quantitative estimate of drug-likeness (QED) is 0.262. The summed E-state index contributed by atoms with van der Waals surface area (Å²) in [6.45, 7) is 7.11. The van der Waals surface area contributed by atoms with Gasteiger partial charge in [0.1, 0.15) is 17.1 Å². The van der Waals surface area contributed by atoms with Crippen LogP contribution in [0.5, 0.6) is 5.75 Å². The van der Waals surface area contributed by atoms with E-state index in [1.165, 1.54) is 4.88 Å². The normalized spacial score (nSPS) is 14.7. The molecule has 0 bridgehead atoms. The zero-order valence-corrected chi connectivity index (χ0v) is 23.6. The van der Waals surface area contributed by atoms with E-state index in [-0.39, 0.29) is 12.5 Å². The second-order valence-corrected chi connectivity index (χ2v) is 11.3. The summed E-state index contributed by atoms with van der Waals surface area (Å²) in [5, 5.41) is 8.47. The van der Waals surface area contributed by atoms with Gasteiger partial charge >= 0.3 is 0 Å². The number of nitrogens with one attached hydrogen (secondary N) is 3. The molecule has 1 aliphatic rings. The lowest BCUT2D eigenvalue weighted by atomic mass is 10.0. The second-order valence-electron chi connectivity index (χ2n) is 9.44. The molecule has 1 amide bonds. The van der Waals surface area contributed by atoms with Crippen LogP contribution in [0.25, 0.3) is 22.6 Å². The van der Waals surface area contributed by atoms with Crippen molar-refractivity contribution in [3.8, 4) is 17.1 Å². The van der Waals surface area contributed by atoms with Crippen LogP contribution in [0.1, 0.15) is 28.8 Å². The summed E-state index contributed by atoms with van der Waals surface area (Å²) in [5.41, 5.74) is 5.38. The first kappa shape index (κ1) is 25.7. The highest BCUT2D eigenvalue weighted by atomic mass is 79.9. The standard InChI is InChI=1S/C27H31BrN6O2S/c1-16-11-18(12-17(2)25(16)36-15-22(35)29-3)26-32-24-23(21(28)13-30-27(24)33-26)31-19-6-8-34(9-7-19)14-20-5-4-10-37-20/h4-5,10-13,19H,6-9,14-15H2,1-3H3,(H,29,35)(H2,30,31,32,33). The van der Waals surface area contributed by atoms with Gasteiger partial charge in [0.25, 0.3) is 5.91 Å². The number of imidazole rings is 1. The molecule has 194 valence electrons. The maximum absolute atomic E-state index is 11.6. The van der Waals surface area contributed by atoms with Crippen LogP contribution < -0.4 is 15.4 Å². The number of benzene rings is 1. The molecule has 4 aromatic rings. The van der Waals surface area contributed by atoms with Crippen molar-refractivity contribution >= 4 is 50.0 Å². The van der Waals surface area contributed by atoms with Crippen LogP contribution in [0.2, 0.25) is 0 Å². The minimum Gasteiger partial charge on any atom is -0.483 e. The van der Waals surface area contributed by atoms with Crippen LogP contribution in [0, 0.1) is 13.8 Å². The number of carbonyl (C=O) groups is 1. The van der Waals surface area contributed by atoms with Crippen LogP contribution >= 0.6 is 27.3 Å². The molecule has 0 saturated carbocycles. The lowest BCUT2D eigenvalue weighted by molar-refractivity contribution is -0.122. The van der Waals surface area contributed by atoms with Crippen LogP contribution in [-0.4, -0.2) is 58.5 Å². The number of hydrogen-bond donors (Lipinski definition) is 3. The van der Waals surface area contributed by atoms with Gasteiger partial charge in [-0.05, 0) is 77.3 Å². The number of aromatic amines is 1. The first-order valence-electron chi connectivity index (χ1n) is 12.4. The number of thiophene rings is 1. The minimum atomic E-state index is -0.162. The van der Waals surface area contributed by atoms with Crippen molar-refractivity contribution in [2.75, 3.05) is 32.1 Å². The smallest absolute Gasteiger partial charge is 0.257 e. The third kappa shape index (κ3) is 5.81. The summed E-state index contributed by atoms with van der Waals surface area (Å²) in [5.74, 6) is 1.31. The fraction of sp³-hybridized carbons (Fsp3) is 0.370. The number of aryl methyl sites for hydroxylation is 2. The molecule has 3 aromatic heterocycles. The number of rotatable bonds is 8. The zero-order valence-electron chi connectivity index (χ0n) is 21.2. The van der Waals surface area contributed by atoms with E-state index in [1.54, 1.807) is 7.05 Å². The molecule has 37 heavy (non-hydrogen) atoms. The van der Waals surface area contributed by atoms with E-state index < -0.39 is 0 Å². The number of H-pyrrole nitrogens is 1. The van der Waals surface area contributed by atoms with Crippen molar-refractivity contribution in [1.29, 1.82) is 0 Å². The van der Waals surface area contributed by atoms with E-state index in [9.17, 15) is 4.79 Å². The average Bonchev–Trinajstić information content (AvgIpc) is 3.56. The molecule has 3 N–H and O–H groups in total. The van der Waals surface area contributed by atoms with Gasteiger partial charge in [-0.2, -0.15) is 0 Å². The lowest BCUT2D eigenvalue weighted by Gasteiger charge is -2.32. The lowest BCUT2D eigenvalue weighted by Crippen LogP contribution is -2.38. The van der Waals surface area contributed by atoms with E-state index in [2.05, 4.69) is 58.9 Å². The molecule has 5 rings (SSSR count). The second kappa shape index (κ2) is 11.2. The summed E-state index contributed by atoms with van der Waals surface area (Å²) < 4.78 is 6.66. The van der Waals surface area contributed by atoms with E-state index in [4.69, 9.17) is 9.72 Å². The molecule has 0 atom stereocenters. The monoisotopic (exact) mass is 582 g/mol. The van der Waals surface area contributed by atoms with Crippen molar-refractivity contribution in [2.45, 2.75) is 39.3 Å². The van der Waals surface area contributed by atoms with Crippen molar-refractivity contribution in [1.82, 2.24) is 25.2 Å². The topological polar surface area (TPSA) is 95.2 Å². The number of carbonyl (C=O) groups excluding carboxylic acids is 1. The predicted octanol–water partition coefficient (Wildman–Crippen LogP) is 5.27. The number of pyridine rings is 1. The predicted molar refractivity (Wildman–Crippen MR) is 152 cm³/mol. The molecule has 1 saturated heterocycles. The molecule has 1 aromatic carbocycles. The molecule has 0 unspecified atom stereocenters. The van der Waals surface area contributed by atoms with Crippen LogP contribution in [0.15, 0.2) is 40.3 Å². The van der Waals surface area contributed by atoms with Gasteiger partial charge in [-0.25, -0.2) is 9.97 Å². The van der Waals surface area contributed by atoms with Gasteiger partial charge in [-0.1, -0.05) is 6.07 Å². The fourth-order valence-corrected chi connectivity index (χ4v) is 5.94. The number of likely N-dealkylation sites (tertiary alicyclic amines) is 1. The number of likely N-dealkylation sites (N-methyl/N-ethyl adjacent to an activating group) is 1. The van der Waals surface area contributed by atoms with Crippen LogP contribution in [-0.2, 0) is 11.3 Å². The Hall–Kier alpha value is -2.95. The largest absolute Gasteiger partial charge is 0.483 e. The van der Waals surface area contributed by atoms with Gasteiger partial charge in [0.15, 0.2) is 12.3 Å². The van der Waals surface area contributed by atoms with Gasteiger partial charge < -0.3 is 20.4 Å². The van der Waals surface area contributed by atoms with E-state index in [0.29, 0.717) is 6.04 Å². The third-order valence-electron chi connectivity index (χ3n) is 6.72. The number of fused-ring (bicyclic) bond motifs is 1. The Bertz CT molecular complexity index is 1370. The van der Waals surface area contributed by atoms with Gasteiger partial charge in [0, 0.05) is 49.4 Å². The molecule has 4 heterocycles. The Morgan fingerprint density at radius 2 is 2.03 bits per heavy atom. The van der Waals surface area contributed by atoms with E-state index >= 15 is 0 Å². The summed E-state index contributed by atoms with van der Waals surface area (Å²) in [6, 6.07) is 8.76. The first-order valence-corrected chi connectivity index (χ1v) is 14.1. The molecule has 0 radical (unpaired) electrons. The van der Waals surface area contributed by atoms with Crippen molar-refractivity contribution < 1.29 is 9.53 Å². The molecule has 1 aliphatic heterocycles. The minimum absolute atomic E-state index is 0.0118. The number of aromatic nitrogens is 3. The highest BCUT2D eigenvalue weighted by Gasteiger charge is 2.22. The molecule has 1 fully saturated rings. The Labute approximate surface area is 229 Å². The van der Waals surface area contributed by atoms with Crippen LogP contribution in [0.3, 0.4) is 0 Å². The molecule has 0 aliphatic carbocycles. The SMILES string of the molecule is CNC(=O)COc1c(C)cc(-c2nc3c(NC4CCN(Cc5cccs5)CC4)c(Br)cnc3[nH]2)cc1C. The number of amides is 1. The Kier molecular flexibility index (Phi) is 7.78. The van der Waals surface area contributed by atoms with Gasteiger partial charge in [-0.15, -0.1) is 11.3 Å². The Morgan fingerprint density at radius 1 is 1.27 bits per heavy atom. The van der Waals surface area contributed by atoms with E-state index in [1.807, 2.05) is 43.5 Å². The highest BCUT2D eigenvalue weighted by molar-refractivity contribution is 9.10. The Balaban J connectivity index is 1.33. The number of ether oxygens (including phenoxy) is 1. The maximum atomic E-state index is 11.6. The summed E-state index contributed by atoms with van der Waals surface area (Å²) in [7, 11) is 1.60. The average molecular weight is 584 g/mol. The summed E-state index contributed by atoms with van der Waals surface area (Å²) in [6.07, 6.45) is 3.98. The number of anilines is 1. The summed E-state index contributed by atoms with van der Waals surface area (Å²) in [4.78, 5) is 28.5. The van der Waals surface area contributed by atoms with E-state index in [0.717, 1.165) is 82.1 Å². The van der Waals surface area contributed by atoms with Gasteiger partial charge in [-0.3, -0.25) is 9.69 Å². The first-order chi connectivity index (χ1) is 17.9. The fourth-order valence-electron chi connectivity index (χ4n) is 4.79. The molecule has 10 heteroatoms. The van der Waals surface area contributed by atoms with Crippen molar-refractivity contribution in [3.63, 3.8) is 0 Å². The van der Waals surface area contributed by atoms with Crippen molar-refractivity contribution in [3.05, 3.63) is 56.3 Å². The zero-order chi connectivity index (χ0) is 25.9. The number of nitrogens with zero attached hydrogens (tertiary/aromatic N) is 3. The van der Waals surface area contributed by atoms with Gasteiger partial charge in [0.2, 0.25) is 0 Å². The third-order valence-corrected chi connectivity index (χ3v) is 8.19. The number of piperidine rings is 1. The molecular formula is C27H31BrN6O2S. The summed E-state index contributed by atoms with van der Waals surface area (Å²) >= 11 is 5.52. The molecular weight excluding hydrogens is 552 g/mol. The maximum Gasteiger partial charge on any atom is 0.257 e. The van der Waals surface area contributed by atoms with Crippen molar-refractivity contribution in [2.24, 2.45) is 0 Å². The number of hydrogen-bond acceptors (Lipinski definition) is 7. The van der Waals surface area contributed by atoms with Gasteiger partial charge in [0.05, 0.1) is 10.2 Å². The number of halogens is 1.